The van der Waals surface area contributed by atoms with E-state index >= 15 is 0 Å². The summed E-state index contributed by atoms with van der Waals surface area (Å²) in [6.07, 6.45) is 5.92. The molecule has 0 radical (unpaired) electrons. The molecule has 3 fully saturated rings. The van der Waals surface area contributed by atoms with Gasteiger partial charge in [0.05, 0.1) is 25.4 Å². The van der Waals surface area contributed by atoms with E-state index in [1.165, 1.54) is 12.8 Å². The van der Waals surface area contributed by atoms with Gasteiger partial charge in [0.2, 0.25) is 0 Å². The molecule has 1 aliphatic heterocycles. The van der Waals surface area contributed by atoms with Crippen molar-refractivity contribution in [2.75, 3.05) is 19.8 Å². The summed E-state index contributed by atoms with van der Waals surface area (Å²) >= 11 is 0. The Morgan fingerprint density at radius 2 is 2.12 bits per heavy atom. The number of nitriles is 1. The third-order valence-electron chi connectivity index (χ3n) is 3.95. The van der Waals surface area contributed by atoms with Gasteiger partial charge in [0.25, 0.3) is 0 Å². The summed E-state index contributed by atoms with van der Waals surface area (Å²) in [5.74, 6) is 0.496. The Bertz CT molecular complexity index is 314. The molecule has 2 unspecified atom stereocenters. The summed E-state index contributed by atoms with van der Waals surface area (Å²) in [6, 6.07) is 3.05. The van der Waals surface area contributed by atoms with Crippen LogP contribution in [0, 0.1) is 17.2 Å². The van der Waals surface area contributed by atoms with Crippen LogP contribution in [0.25, 0.3) is 0 Å². The largest absolute Gasteiger partial charge is 0.379 e. The molecule has 0 aromatic carbocycles. The van der Waals surface area contributed by atoms with Gasteiger partial charge in [-0.2, -0.15) is 5.26 Å². The lowest BCUT2D eigenvalue weighted by atomic mass is 9.95. The van der Waals surface area contributed by atoms with Crippen LogP contribution in [0.3, 0.4) is 0 Å². The zero-order valence-electron chi connectivity index (χ0n) is 10.2. The summed E-state index contributed by atoms with van der Waals surface area (Å²) in [5, 5.41) is 13.0. The maximum Gasteiger partial charge on any atom is 0.133 e. The Kier molecular flexibility index (Phi) is 3.08. The van der Waals surface area contributed by atoms with Gasteiger partial charge < -0.3 is 9.47 Å². The summed E-state index contributed by atoms with van der Waals surface area (Å²) in [6.45, 7) is 2.01. The van der Waals surface area contributed by atoms with Gasteiger partial charge in [0, 0.05) is 12.6 Å². The number of hydrogen-bond acceptors (Lipinski definition) is 4. The molecule has 1 heterocycles. The topological polar surface area (TPSA) is 54.3 Å². The molecule has 0 spiro atoms. The van der Waals surface area contributed by atoms with Crippen molar-refractivity contribution in [3.05, 3.63) is 0 Å². The van der Waals surface area contributed by atoms with Crippen LogP contribution >= 0.6 is 0 Å². The Morgan fingerprint density at radius 3 is 2.65 bits per heavy atom. The first-order valence-electron chi connectivity index (χ1n) is 6.71. The number of rotatable bonds is 6. The van der Waals surface area contributed by atoms with E-state index in [-0.39, 0.29) is 6.10 Å². The van der Waals surface area contributed by atoms with E-state index in [9.17, 15) is 5.26 Å². The molecule has 4 nitrogen and oxygen atoms in total. The van der Waals surface area contributed by atoms with Gasteiger partial charge in [-0.05, 0) is 38.0 Å². The van der Waals surface area contributed by atoms with Crippen LogP contribution in [0.1, 0.15) is 32.1 Å². The van der Waals surface area contributed by atoms with E-state index in [4.69, 9.17) is 9.47 Å². The fourth-order valence-electron chi connectivity index (χ4n) is 2.49. The van der Waals surface area contributed by atoms with Gasteiger partial charge in [-0.1, -0.05) is 0 Å². The van der Waals surface area contributed by atoms with Crippen molar-refractivity contribution in [2.24, 2.45) is 5.92 Å². The van der Waals surface area contributed by atoms with Crippen LogP contribution in [0.15, 0.2) is 0 Å². The Hall–Kier alpha value is -0.630. The highest BCUT2D eigenvalue weighted by Crippen LogP contribution is 2.41. The fourth-order valence-corrected chi connectivity index (χ4v) is 2.49. The van der Waals surface area contributed by atoms with Crippen LogP contribution < -0.4 is 5.32 Å². The van der Waals surface area contributed by atoms with E-state index in [2.05, 4.69) is 11.4 Å². The second-order valence-corrected chi connectivity index (χ2v) is 5.57. The molecule has 3 rings (SSSR count). The molecule has 1 N–H and O–H groups in total. The van der Waals surface area contributed by atoms with E-state index < -0.39 is 5.54 Å². The number of nitrogens with one attached hydrogen (secondary N) is 1. The highest BCUT2D eigenvalue weighted by Gasteiger charge is 2.48. The van der Waals surface area contributed by atoms with E-state index in [1.54, 1.807) is 0 Å². The standard InChI is InChI=1S/C13H20N2O2/c14-8-13(10-1-2-10,15-11-3-4-11)9-17-12-5-6-16-7-12/h10-12,15H,1-7,9H2. The molecule has 3 aliphatic rings. The van der Waals surface area contributed by atoms with Crippen molar-refractivity contribution >= 4 is 0 Å². The van der Waals surface area contributed by atoms with E-state index in [0.717, 1.165) is 25.9 Å². The average Bonchev–Trinajstić information content (AvgIpc) is 3.26. The highest BCUT2D eigenvalue weighted by molar-refractivity contribution is 5.17. The summed E-state index contributed by atoms with van der Waals surface area (Å²) in [4.78, 5) is 0. The van der Waals surface area contributed by atoms with Gasteiger partial charge >= 0.3 is 0 Å². The molecular formula is C13H20N2O2. The molecule has 4 heteroatoms. The fraction of sp³-hybridized carbons (Fsp3) is 0.923. The van der Waals surface area contributed by atoms with Crippen LogP contribution in [-0.2, 0) is 9.47 Å². The van der Waals surface area contributed by atoms with Crippen molar-refractivity contribution < 1.29 is 9.47 Å². The first kappa shape index (κ1) is 11.5. The van der Waals surface area contributed by atoms with Gasteiger partial charge in [0.15, 0.2) is 0 Å². The van der Waals surface area contributed by atoms with E-state index in [1.807, 2.05) is 0 Å². The minimum absolute atomic E-state index is 0.197. The lowest BCUT2D eigenvalue weighted by Crippen LogP contribution is -2.51. The normalized spacial score (nSPS) is 32.1. The first-order valence-corrected chi connectivity index (χ1v) is 6.71. The average molecular weight is 236 g/mol. The molecular weight excluding hydrogens is 216 g/mol. The maximum absolute atomic E-state index is 9.51. The molecule has 0 aromatic rings. The molecule has 2 saturated carbocycles. The smallest absolute Gasteiger partial charge is 0.133 e. The predicted octanol–water partition coefficient (Wildman–Crippen LogP) is 1.22. The third kappa shape index (κ3) is 2.62. The Balaban J connectivity index is 1.58. The van der Waals surface area contributed by atoms with Crippen LogP contribution in [0.2, 0.25) is 0 Å². The second kappa shape index (κ2) is 4.56. The molecule has 1 saturated heterocycles. The summed E-state index contributed by atoms with van der Waals surface area (Å²) in [7, 11) is 0. The minimum atomic E-state index is -0.427. The molecule has 0 bridgehead atoms. The SMILES string of the molecule is N#CC(COC1CCOC1)(NC1CC1)C1CC1. The van der Waals surface area contributed by atoms with Crippen LogP contribution in [-0.4, -0.2) is 37.5 Å². The van der Waals surface area contributed by atoms with Crippen molar-refractivity contribution in [2.45, 2.75) is 49.8 Å². The monoisotopic (exact) mass is 236 g/mol. The zero-order chi connectivity index (χ0) is 11.7. The lowest BCUT2D eigenvalue weighted by Gasteiger charge is -2.29. The maximum atomic E-state index is 9.51. The molecule has 94 valence electrons. The molecule has 2 atom stereocenters. The Morgan fingerprint density at radius 1 is 1.29 bits per heavy atom. The first-order chi connectivity index (χ1) is 8.32. The minimum Gasteiger partial charge on any atom is -0.379 e. The van der Waals surface area contributed by atoms with Crippen LogP contribution in [0.5, 0.6) is 0 Å². The predicted molar refractivity (Wildman–Crippen MR) is 62.4 cm³/mol. The second-order valence-electron chi connectivity index (χ2n) is 5.57. The number of hydrogen-bond donors (Lipinski definition) is 1. The quantitative estimate of drug-likeness (QED) is 0.753. The molecule has 0 amide bonds. The lowest BCUT2D eigenvalue weighted by molar-refractivity contribution is 0.0115. The van der Waals surface area contributed by atoms with Crippen LogP contribution in [0.4, 0.5) is 0 Å². The van der Waals surface area contributed by atoms with Gasteiger partial charge in [0.1, 0.15) is 5.54 Å². The third-order valence-corrected chi connectivity index (χ3v) is 3.95. The molecule has 2 aliphatic carbocycles. The zero-order valence-corrected chi connectivity index (χ0v) is 10.2. The van der Waals surface area contributed by atoms with Gasteiger partial charge in [-0.3, -0.25) is 5.32 Å². The van der Waals surface area contributed by atoms with Crippen molar-refractivity contribution in [1.29, 1.82) is 5.26 Å². The number of nitrogens with zero attached hydrogens (tertiary/aromatic N) is 1. The number of ether oxygens (including phenoxy) is 2. The van der Waals surface area contributed by atoms with E-state index in [0.29, 0.717) is 25.2 Å². The van der Waals surface area contributed by atoms with Gasteiger partial charge in [-0.15, -0.1) is 0 Å². The summed E-state index contributed by atoms with van der Waals surface area (Å²) < 4.78 is 11.2. The van der Waals surface area contributed by atoms with Crippen molar-refractivity contribution in [1.82, 2.24) is 5.32 Å². The Labute approximate surface area is 102 Å². The molecule has 0 aromatic heterocycles. The van der Waals surface area contributed by atoms with Crippen molar-refractivity contribution in [3.63, 3.8) is 0 Å². The molecule has 17 heavy (non-hydrogen) atoms. The van der Waals surface area contributed by atoms with Crippen molar-refractivity contribution in [3.8, 4) is 6.07 Å². The van der Waals surface area contributed by atoms with Gasteiger partial charge in [-0.25, -0.2) is 0 Å². The summed E-state index contributed by atoms with van der Waals surface area (Å²) in [5.41, 5.74) is -0.427. The highest BCUT2D eigenvalue weighted by atomic mass is 16.5.